The second-order valence-electron chi connectivity index (χ2n) is 3.96. The maximum Gasteiger partial charge on any atom is 0.225 e. The minimum atomic E-state index is 0.0683. The van der Waals surface area contributed by atoms with Crippen molar-refractivity contribution in [2.45, 2.75) is 12.8 Å². The molecule has 0 bridgehead atoms. The van der Waals surface area contributed by atoms with Crippen molar-refractivity contribution in [2.75, 3.05) is 26.3 Å². The number of hydrogen-bond acceptors (Lipinski definition) is 3. The van der Waals surface area contributed by atoms with Crippen molar-refractivity contribution < 1.29 is 9.53 Å². The molecule has 0 N–H and O–H groups in total. The molecule has 0 aromatic heterocycles. The van der Waals surface area contributed by atoms with E-state index in [1.54, 1.807) is 4.90 Å². The van der Waals surface area contributed by atoms with E-state index in [4.69, 9.17) is 10.00 Å². The standard InChI is InChI=1S/C10H14N2O2/c11-5-8-6-12(7-8)10(13)9-1-3-14-4-2-9/h8-9H,1-4,6-7H2. The third kappa shape index (κ3) is 1.73. The fourth-order valence-electron chi connectivity index (χ4n) is 1.94. The van der Waals surface area contributed by atoms with Crippen LogP contribution in [0.2, 0.25) is 0 Å². The molecule has 0 aliphatic carbocycles. The number of hydrogen-bond donors (Lipinski definition) is 0. The third-order valence-corrected chi connectivity index (χ3v) is 2.95. The van der Waals surface area contributed by atoms with Crippen molar-refractivity contribution >= 4 is 5.91 Å². The van der Waals surface area contributed by atoms with Gasteiger partial charge >= 0.3 is 0 Å². The summed E-state index contributed by atoms with van der Waals surface area (Å²) in [6.07, 6.45) is 1.68. The summed E-state index contributed by atoms with van der Waals surface area (Å²) >= 11 is 0. The Morgan fingerprint density at radius 3 is 2.57 bits per heavy atom. The molecular formula is C10H14N2O2. The van der Waals surface area contributed by atoms with Crippen LogP contribution in [-0.4, -0.2) is 37.1 Å². The Morgan fingerprint density at radius 1 is 1.36 bits per heavy atom. The molecule has 2 aliphatic heterocycles. The lowest BCUT2D eigenvalue weighted by Crippen LogP contribution is -2.52. The van der Waals surface area contributed by atoms with Crippen molar-refractivity contribution in [3.8, 4) is 6.07 Å². The minimum absolute atomic E-state index is 0.0683. The van der Waals surface area contributed by atoms with Gasteiger partial charge in [-0.2, -0.15) is 5.26 Å². The van der Waals surface area contributed by atoms with Crippen LogP contribution in [0.1, 0.15) is 12.8 Å². The van der Waals surface area contributed by atoms with Gasteiger partial charge in [-0.05, 0) is 12.8 Å². The molecule has 2 aliphatic rings. The second kappa shape index (κ2) is 3.97. The largest absolute Gasteiger partial charge is 0.381 e. The summed E-state index contributed by atoms with van der Waals surface area (Å²) in [6.45, 7) is 2.66. The van der Waals surface area contributed by atoms with E-state index in [0.29, 0.717) is 26.3 Å². The van der Waals surface area contributed by atoms with E-state index in [0.717, 1.165) is 12.8 Å². The Bertz CT molecular complexity index is 260. The SMILES string of the molecule is N#CC1CN(C(=O)C2CCOCC2)C1. The van der Waals surface area contributed by atoms with Gasteiger partial charge < -0.3 is 9.64 Å². The van der Waals surface area contributed by atoms with E-state index in [-0.39, 0.29) is 17.7 Å². The highest BCUT2D eigenvalue weighted by molar-refractivity contribution is 5.79. The van der Waals surface area contributed by atoms with Gasteiger partial charge in [-0.15, -0.1) is 0 Å². The van der Waals surface area contributed by atoms with Crippen LogP contribution in [0, 0.1) is 23.2 Å². The molecule has 0 unspecified atom stereocenters. The van der Waals surface area contributed by atoms with E-state index in [1.165, 1.54) is 0 Å². The summed E-state index contributed by atoms with van der Waals surface area (Å²) in [5, 5.41) is 8.59. The Labute approximate surface area is 83.4 Å². The van der Waals surface area contributed by atoms with Gasteiger partial charge in [0.25, 0.3) is 0 Å². The van der Waals surface area contributed by atoms with Gasteiger partial charge in [0.05, 0.1) is 12.0 Å². The number of carbonyl (C=O) groups excluding carboxylic acids is 1. The van der Waals surface area contributed by atoms with Crippen LogP contribution in [-0.2, 0) is 9.53 Å². The first kappa shape index (κ1) is 9.47. The molecule has 0 radical (unpaired) electrons. The minimum Gasteiger partial charge on any atom is -0.381 e. The maximum atomic E-state index is 11.8. The molecule has 2 heterocycles. The molecule has 0 atom stereocenters. The van der Waals surface area contributed by atoms with Crippen LogP contribution >= 0.6 is 0 Å². The number of nitriles is 1. The van der Waals surface area contributed by atoms with Crippen LogP contribution in [0.4, 0.5) is 0 Å². The Kier molecular flexibility index (Phi) is 2.69. The molecule has 2 fully saturated rings. The molecule has 0 aromatic carbocycles. The smallest absolute Gasteiger partial charge is 0.225 e. The highest BCUT2D eigenvalue weighted by atomic mass is 16.5. The molecule has 0 saturated carbocycles. The average molecular weight is 194 g/mol. The summed E-state index contributed by atoms with van der Waals surface area (Å²) in [7, 11) is 0. The quantitative estimate of drug-likeness (QED) is 0.607. The zero-order valence-electron chi connectivity index (χ0n) is 8.11. The number of amides is 1. The highest BCUT2D eigenvalue weighted by Gasteiger charge is 2.34. The summed E-state index contributed by atoms with van der Waals surface area (Å²) in [4.78, 5) is 13.6. The van der Waals surface area contributed by atoms with Gasteiger partial charge in [0.2, 0.25) is 5.91 Å². The Balaban J connectivity index is 1.81. The van der Waals surface area contributed by atoms with Crippen molar-refractivity contribution in [1.29, 1.82) is 5.26 Å². The van der Waals surface area contributed by atoms with Gasteiger partial charge in [0.1, 0.15) is 0 Å². The fraction of sp³-hybridized carbons (Fsp3) is 0.800. The maximum absolute atomic E-state index is 11.8. The molecule has 4 heteroatoms. The van der Waals surface area contributed by atoms with E-state index in [9.17, 15) is 4.79 Å². The molecule has 1 amide bonds. The monoisotopic (exact) mass is 194 g/mol. The predicted molar refractivity (Wildman–Crippen MR) is 49.2 cm³/mol. The molecule has 0 spiro atoms. The van der Waals surface area contributed by atoms with Crippen LogP contribution in [0.3, 0.4) is 0 Å². The van der Waals surface area contributed by atoms with Gasteiger partial charge in [0, 0.05) is 32.2 Å². The molecular weight excluding hydrogens is 180 g/mol. The second-order valence-corrected chi connectivity index (χ2v) is 3.96. The lowest BCUT2D eigenvalue weighted by atomic mass is 9.94. The number of nitrogens with zero attached hydrogens (tertiary/aromatic N) is 2. The zero-order chi connectivity index (χ0) is 9.97. The number of ether oxygens (including phenoxy) is 1. The van der Waals surface area contributed by atoms with Crippen molar-refractivity contribution in [3.63, 3.8) is 0 Å². The van der Waals surface area contributed by atoms with Crippen LogP contribution < -0.4 is 0 Å². The molecule has 14 heavy (non-hydrogen) atoms. The van der Waals surface area contributed by atoms with Crippen LogP contribution in [0.25, 0.3) is 0 Å². The molecule has 4 nitrogen and oxygen atoms in total. The first-order valence-corrected chi connectivity index (χ1v) is 5.07. The summed E-state index contributed by atoms with van der Waals surface area (Å²) in [5.74, 6) is 0.432. The fourth-order valence-corrected chi connectivity index (χ4v) is 1.94. The predicted octanol–water partition coefficient (Wildman–Crippen LogP) is 0.395. The van der Waals surface area contributed by atoms with Gasteiger partial charge in [-0.25, -0.2) is 0 Å². The Morgan fingerprint density at radius 2 is 2.00 bits per heavy atom. The third-order valence-electron chi connectivity index (χ3n) is 2.95. The van der Waals surface area contributed by atoms with Crippen molar-refractivity contribution in [3.05, 3.63) is 0 Å². The Hall–Kier alpha value is -1.08. The lowest BCUT2D eigenvalue weighted by Gasteiger charge is -2.38. The topological polar surface area (TPSA) is 53.3 Å². The van der Waals surface area contributed by atoms with E-state index in [2.05, 4.69) is 6.07 Å². The normalized spacial score (nSPS) is 24.1. The number of likely N-dealkylation sites (tertiary alicyclic amines) is 1. The molecule has 2 saturated heterocycles. The summed E-state index contributed by atoms with van der Waals surface area (Å²) < 4.78 is 5.20. The zero-order valence-corrected chi connectivity index (χ0v) is 8.11. The van der Waals surface area contributed by atoms with Gasteiger partial charge in [0.15, 0.2) is 0 Å². The molecule has 0 aromatic rings. The summed E-state index contributed by atoms with van der Waals surface area (Å²) in [6, 6.07) is 2.17. The van der Waals surface area contributed by atoms with E-state index in [1.807, 2.05) is 0 Å². The van der Waals surface area contributed by atoms with Crippen molar-refractivity contribution in [1.82, 2.24) is 4.90 Å². The highest BCUT2D eigenvalue weighted by Crippen LogP contribution is 2.22. The number of rotatable bonds is 1. The van der Waals surface area contributed by atoms with Crippen molar-refractivity contribution in [2.24, 2.45) is 11.8 Å². The first-order valence-electron chi connectivity index (χ1n) is 5.07. The summed E-state index contributed by atoms with van der Waals surface area (Å²) in [5.41, 5.74) is 0. The van der Waals surface area contributed by atoms with Gasteiger partial charge in [-0.1, -0.05) is 0 Å². The first-order chi connectivity index (χ1) is 6.81. The number of carbonyl (C=O) groups is 1. The average Bonchev–Trinajstić information content (AvgIpc) is 2.17. The van der Waals surface area contributed by atoms with E-state index >= 15 is 0 Å². The molecule has 2 rings (SSSR count). The molecule has 76 valence electrons. The van der Waals surface area contributed by atoms with Gasteiger partial charge in [-0.3, -0.25) is 4.79 Å². The lowest BCUT2D eigenvalue weighted by molar-refractivity contribution is -0.143. The van der Waals surface area contributed by atoms with E-state index < -0.39 is 0 Å². The van der Waals surface area contributed by atoms with Crippen LogP contribution in [0.15, 0.2) is 0 Å². The van der Waals surface area contributed by atoms with Crippen LogP contribution in [0.5, 0.6) is 0 Å².